The van der Waals surface area contributed by atoms with Crippen LogP contribution in [0.4, 0.5) is 0 Å². The monoisotopic (exact) mass is 1040 g/mol. The first-order valence-electron chi connectivity index (χ1n) is 28.6. The van der Waals surface area contributed by atoms with Crippen LogP contribution in [0.5, 0.6) is 0 Å². The van der Waals surface area contributed by atoms with Gasteiger partial charge in [-0.05, 0) is 128 Å². The van der Waals surface area contributed by atoms with Crippen LogP contribution >= 0.6 is 0 Å². The van der Waals surface area contributed by atoms with E-state index in [4.69, 9.17) is 0 Å². The largest absolute Gasteiger partial charge is 1.00 e. The summed E-state index contributed by atoms with van der Waals surface area (Å²) in [5.74, 6) is 1.52. The lowest BCUT2D eigenvalue weighted by atomic mass is 9.86. The summed E-state index contributed by atoms with van der Waals surface area (Å²) in [5.41, 5.74) is 9.01. The second kappa shape index (κ2) is 41.0. The van der Waals surface area contributed by atoms with E-state index in [1.807, 2.05) is 0 Å². The average Bonchev–Trinajstić information content (AvgIpc) is 3.23. The minimum Gasteiger partial charge on any atom is -1.00 e. The van der Waals surface area contributed by atoms with Gasteiger partial charge in [0.05, 0.1) is 54.4 Å². The van der Waals surface area contributed by atoms with E-state index in [1.165, 1.54) is 276 Å². The molecule has 0 bridgehead atoms. The molecule has 0 aliphatic heterocycles. The minimum absolute atomic E-state index is 0. The molecule has 0 amide bonds. The summed E-state index contributed by atoms with van der Waals surface area (Å²) in [6.45, 7) is 19.2. The molecule has 2 aromatic rings. The first-order valence-corrected chi connectivity index (χ1v) is 28.6. The Balaban J connectivity index is 0.0000211. The predicted octanol–water partition coefficient (Wildman–Crippen LogP) is 13.3. The van der Waals surface area contributed by atoms with Crippen molar-refractivity contribution in [3.05, 3.63) is 69.8 Å². The van der Waals surface area contributed by atoms with Crippen molar-refractivity contribution in [2.75, 3.05) is 54.4 Å². The number of quaternary nitrogens is 2. The first-order chi connectivity index (χ1) is 30.8. The Bertz CT molecular complexity index is 1250. The summed E-state index contributed by atoms with van der Waals surface area (Å²) in [5, 5.41) is 0. The molecular formula is C62H114Br2N2. The van der Waals surface area contributed by atoms with Gasteiger partial charge in [0.25, 0.3) is 0 Å². The van der Waals surface area contributed by atoms with Gasteiger partial charge in [0.1, 0.15) is 0 Å². The van der Waals surface area contributed by atoms with E-state index in [2.05, 4.69) is 106 Å². The molecule has 2 atom stereocenters. The van der Waals surface area contributed by atoms with E-state index in [9.17, 15) is 0 Å². The first kappa shape index (κ1) is 65.3. The average molecular weight is 1050 g/mol. The van der Waals surface area contributed by atoms with E-state index in [-0.39, 0.29) is 34.0 Å². The van der Waals surface area contributed by atoms with Crippen molar-refractivity contribution in [3.63, 3.8) is 0 Å². The van der Waals surface area contributed by atoms with Crippen molar-refractivity contribution in [2.45, 2.75) is 272 Å². The quantitative estimate of drug-likeness (QED) is 0.0459. The van der Waals surface area contributed by atoms with E-state index < -0.39 is 0 Å². The van der Waals surface area contributed by atoms with Crippen molar-refractivity contribution in [2.24, 2.45) is 0 Å². The van der Waals surface area contributed by atoms with Crippen LogP contribution in [-0.4, -0.2) is 63.3 Å². The molecule has 2 nitrogen and oxygen atoms in total. The van der Waals surface area contributed by atoms with Gasteiger partial charge < -0.3 is 42.9 Å². The van der Waals surface area contributed by atoms with Gasteiger partial charge in [-0.1, -0.05) is 214 Å². The number of unbranched alkanes of at least 4 members (excludes halogenated alkanes) is 25. The van der Waals surface area contributed by atoms with Gasteiger partial charge in [-0.2, -0.15) is 0 Å². The molecule has 0 N–H and O–H groups in total. The fourth-order valence-electron chi connectivity index (χ4n) is 11.1. The third-order valence-electron chi connectivity index (χ3n) is 15.2. The molecule has 0 radical (unpaired) electrons. The summed E-state index contributed by atoms with van der Waals surface area (Å²) in [7, 11) is 9.94. The molecule has 2 unspecified atom stereocenters. The van der Waals surface area contributed by atoms with Crippen LogP contribution in [0.1, 0.15) is 277 Å². The summed E-state index contributed by atoms with van der Waals surface area (Å²) >= 11 is 0. The lowest BCUT2D eigenvalue weighted by Crippen LogP contribution is -3.00. The van der Waals surface area contributed by atoms with Gasteiger partial charge in [-0.15, -0.1) is 0 Å². The zero-order valence-electron chi connectivity index (χ0n) is 46.1. The number of benzene rings is 2. The molecular weight excluding hydrogens is 933 g/mol. The lowest BCUT2D eigenvalue weighted by molar-refractivity contribution is -0.891. The van der Waals surface area contributed by atoms with Crippen LogP contribution in [-0.2, 0) is 0 Å². The molecule has 0 saturated heterocycles. The fraction of sp³-hybridized carbons (Fsp3) is 0.806. The Labute approximate surface area is 436 Å². The van der Waals surface area contributed by atoms with Gasteiger partial charge in [-0.3, -0.25) is 0 Å². The number of nitrogens with zero attached hydrogens (tertiary/aromatic N) is 2. The Morgan fingerprint density at radius 3 is 0.712 bits per heavy atom. The zero-order valence-corrected chi connectivity index (χ0v) is 49.3. The fourth-order valence-corrected chi connectivity index (χ4v) is 11.1. The molecule has 386 valence electrons. The standard InChI is InChI=1S/C62H114N2.2BrH/c1-11-13-15-17-19-25-33-41-59(61-51-55(3)49-56(4)52-61)43-35-27-21-23-29-37-45-63(7,8)47-39-31-32-40-48-64(9,10)46-38-30-24-22-28-36-44-60(42-34-26-20-18-16-14-12-2)62-53-57(5)50-58(6)54-62;;/h49-54,59-60H,11-48H2,1-10H3;2*1H/q+2;;/p-2. The van der Waals surface area contributed by atoms with E-state index >= 15 is 0 Å². The number of halogens is 2. The lowest BCUT2D eigenvalue weighted by Gasteiger charge is -2.31. The molecule has 2 rings (SSSR count). The van der Waals surface area contributed by atoms with E-state index in [0.717, 1.165) is 11.8 Å². The predicted molar refractivity (Wildman–Crippen MR) is 289 cm³/mol. The second-order valence-electron chi connectivity index (χ2n) is 23.1. The third kappa shape index (κ3) is 34.6. The molecule has 2 aromatic carbocycles. The summed E-state index contributed by atoms with van der Waals surface area (Å²) in [4.78, 5) is 0. The van der Waals surface area contributed by atoms with Gasteiger partial charge in [-0.25, -0.2) is 0 Å². The molecule has 0 aromatic heterocycles. The van der Waals surface area contributed by atoms with Crippen LogP contribution < -0.4 is 34.0 Å². The molecule has 0 fully saturated rings. The summed E-state index contributed by atoms with van der Waals surface area (Å²) in [6.07, 6.45) is 47.9. The zero-order chi connectivity index (χ0) is 46.7. The molecule has 0 aliphatic carbocycles. The Kier molecular flexibility index (Phi) is 40.6. The summed E-state index contributed by atoms with van der Waals surface area (Å²) in [6, 6.07) is 14.7. The maximum atomic E-state index is 2.49. The number of rotatable bonds is 43. The highest BCUT2D eigenvalue weighted by molar-refractivity contribution is 5.32. The highest BCUT2D eigenvalue weighted by Crippen LogP contribution is 2.32. The Morgan fingerprint density at radius 2 is 0.485 bits per heavy atom. The van der Waals surface area contributed by atoms with Crippen molar-refractivity contribution in [1.82, 2.24) is 0 Å². The molecule has 0 saturated carbocycles. The van der Waals surface area contributed by atoms with Gasteiger partial charge in [0.2, 0.25) is 0 Å². The van der Waals surface area contributed by atoms with Crippen LogP contribution in [0.15, 0.2) is 36.4 Å². The maximum Gasteiger partial charge on any atom is 0.0782 e. The van der Waals surface area contributed by atoms with Crippen LogP contribution in [0.3, 0.4) is 0 Å². The molecule has 0 aliphatic rings. The van der Waals surface area contributed by atoms with Gasteiger partial charge in [0, 0.05) is 0 Å². The van der Waals surface area contributed by atoms with Crippen molar-refractivity contribution in [3.8, 4) is 0 Å². The van der Waals surface area contributed by atoms with Crippen LogP contribution in [0.25, 0.3) is 0 Å². The smallest absolute Gasteiger partial charge is 0.0782 e. The highest BCUT2D eigenvalue weighted by atomic mass is 79.9. The topological polar surface area (TPSA) is 0 Å². The minimum atomic E-state index is 0. The second-order valence-corrected chi connectivity index (χ2v) is 23.1. The van der Waals surface area contributed by atoms with Crippen molar-refractivity contribution >= 4 is 0 Å². The molecule has 4 heteroatoms. The van der Waals surface area contributed by atoms with Crippen LogP contribution in [0.2, 0.25) is 0 Å². The van der Waals surface area contributed by atoms with Gasteiger partial charge in [0.15, 0.2) is 0 Å². The number of hydrogen-bond acceptors (Lipinski definition) is 0. The van der Waals surface area contributed by atoms with Crippen molar-refractivity contribution < 1.29 is 42.9 Å². The number of aryl methyl sites for hydroxylation is 4. The summed E-state index contributed by atoms with van der Waals surface area (Å²) < 4.78 is 2.42. The SMILES string of the molecule is CCCCCCCCCC(CCCCCCCC[N+](C)(C)CCCCCC[N+](C)(C)CCCCCCCCC(CCCCCCCCC)c1cc(C)cc(C)c1)c1cc(C)cc(C)c1.[Br-].[Br-]. The normalized spacial score (nSPS) is 12.8. The van der Waals surface area contributed by atoms with Crippen molar-refractivity contribution in [1.29, 1.82) is 0 Å². The Hall–Kier alpha value is -0.680. The van der Waals surface area contributed by atoms with Gasteiger partial charge >= 0.3 is 0 Å². The number of hydrogen-bond donors (Lipinski definition) is 0. The Morgan fingerprint density at radius 1 is 0.288 bits per heavy atom. The van der Waals surface area contributed by atoms with E-state index in [0.29, 0.717) is 0 Å². The van der Waals surface area contributed by atoms with E-state index in [1.54, 1.807) is 11.1 Å². The highest BCUT2D eigenvalue weighted by Gasteiger charge is 2.17. The molecule has 0 spiro atoms. The maximum absolute atomic E-state index is 2.49. The third-order valence-corrected chi connectivity index (χ3v) is 15.2. The van der Waals surface area contributed by atoms with Crippen LogP contribution in [0, 0.1) is 27.7 Å². The molecule has 0 heterocycles. The molecule has 66 heavy (non-hydrogen) atoms.